The van der Waals surface area contributed by atoms with Crippen molar-refractivity contribution in [3.05, 3.63) is 78.1 Å². The number of nitrogens with one attached hydrogen (secondary N) is 2. The molecule has 43 heavy (non-hydrogen) atoms. The van der Waals surface area contributed by atoms with E-state index >= 15 is 0 Å². The number of rotatable bonds is 7. The van der Waals surface area contributed by atoms with Crippen LogP contribution in [0.5, 0.6) is 0 Å². The largest absolute Gasteiger partial charge is 0.361 e. The minimum absolute atomic E-state index is 0.0329. The lowest BCUT2D eigenvalue weighted by Crippen LogP contribution is -2.55. The predicted molar refractivity (Wildman–Crippen MR) is 170 cm³/mol. The van der Waals surface area contributed by atoms with Crippen LogP contribution in [-0.4, -0.2) is 91.0 Å². The molecule has 226 valence electrons. The van der Waals surface area contributed by atoms with Gasteiger partial charge in [-0.3, -0.25) is 9.48 Å². The van der Waals surface area contributed by atoms with Gasteiger partial charge < -0.3 is 20.1 Å². The Labute approximate surface area is 253 Å². The number of amides is 1. The van der Waals surface area contributed by atoms with Crippen LogP contribution in [0.3, 0.4) is 0 Å². The van der Waals surface area contributed by atoms with Crippen molar-refractivity contribution < 1.29 is 4.79 Å². The lowest BCUT2D eigenvalue weighted by molar-refractivity contribution is 0.0462. The number of benzene rings is 2. The Morgan fingerprint density at radius 3 is 2.60 bits per heavy atom. The lowest BCUT2D eigenvalue weighted by Gasteiger charge is -2.47. The maximum absolute atomic E-state index is 12.7. The second-order valence-electron chi connectivity index (χ2n) is 12.4. The van der Waals surface area contributed by atoms with E-state index in [1.807, 2.05) is 36.0 Å². The lowest BCUT2D eigenvalue weighted by atomic mass is 9.82. The van der Waals surface area contributed by atoms with Gasteiger partial charge >= 0.3 is 0 Å². The number of aromatic nitrogens is 6. The van der Waals surface area contributed by atoms with Gasteiger partial charge in [0.25, 0.3) is 5.91 Å². The van der Waals surface area contributed by atoms with E-state index in [9.17, 15) is 4.79 Å². The molecule has 5 heterocycles. The van der Waals surface area contributed by atoms with Gasteiger partial charge in [0.2, 0.25) is 0 Å². The molecule has 2 bridgehead atoms. The molecule has 2 N–H and O–H groups in total. The molecular formula is C33H43N9O. The number of piperidine rings is 2. The first-order valence-corrected chi connectivity index (χ1v) is 15.4. The van der Waals surface area contributed by atoms with E-state index in [1.54, 1.807) is 17.3 Å². The summed E-state index contributed by atoms with van der Waals surface area (Å²) < 4.78 is 3.63. The van der Waals surface area contributed by atoms with E-state index in [0.717, 1.165) is 43.3 Å². The van der Waals surface area contributed by atoms with Gasteiger partial charge in [-0.05, 0) is 82.6 Å². The molecule has 2 aromatic carbocycles. The number of hydrogen-bond donors (Lipinski definition) is 2. The molecule has 0 saturated carbocycles. The molecule has 0 unspecified atom stereocenters. The molecule has 3 aromatic heterocycles. The monoisotopic (exact) mass is 581 g/mol. The zero-order chi connectivity index (χ0) is 29.9. The summed E-state index contributed by atoms with van der Waals surface area (Å²) in [5, 5.41) is 14.1. The molecule has 0 radical (unpaired) electrons. The first-order chi connectivity index (χ1) is 20.9. The van der Waals surface area contributed by atoms with Crippen molar-refractivity contribution in [1.82, 2.24) is 44.6 Å². The minimum atomic E-state index is -0.0329. The number of para-hydroxylation sites is 1. The third-order valence-corrected chi connectivity index (χ3v) is 9.12. The molecular weight excluding hydrogens is 538 g/mol. The fourth-order valence-electron chi connectivity index (χ4n) is 6.75. The van der Waals surface area contributed by atoms with Crippen LogP contribution >= 0.6 is 0 Å². The maximum Gasteiger partial charge on any atom is 0.272 e. The Kier molecular flexibility index (Phi) is 8.58. The highest BCUT2D eigenvalue weighted by atomic mass is 16.2. The normalized spacial score (nSPS) is 20.3. The highest BCUT2D eigenvalue weighted by Crippen LogP contribution is 2.33. The molecule has 0 spiro atoms. The van der Waals surface area contributed by atoms with Crippen LogP contribution in [0.2, 0.25) is 0 Å². The molecule has 5 aromatic rings. The third-order valence-electron chi connectivity index (χ3n) is 9.12. The van der Waals surface area contributed by atoms with Crippen LogP contribution in [0.15, 0.2) is 61.3 Å². The van der Waals surface area contributed by atoms with Crippen LogP contribution in [0.1, 0.15) is 53.7 Å². The van der Waals surface area contributed by atoms with Crippen LogP contribution in [0, 0.1) is 0 Å². The number of carbonyl (C=O) groups excluding carboxylic acids is 1. The summed E-state index contributed by atoms with van der Waals surface area (Å²) in [4.78, 5) is 24.8. The fourth-order valence-corrected chi connectivity index (χ4v) is 6.75. The van der Waals surface area contributed by atoms with Crippen molar-refractivity contribution in [2.45, 2.75) is 63.2 Å². The Balaban J connectivity index is 0.000000155. The second-order valence-corrected chi connectivity index (χ2v) is 12.4. The Hall–Kier alpha value is -4.02. The van der Waals surface area contributed by atoms with Crippen molar-refractivity contribution in [1.29, 1.82) is 0 Å². The van der Waals surface area contributed by atoms with Gasteiger partial charge in [-0.15, -0.1) is 0 Å². The summed E-state index contributed by atoms with van der Waals surface area (Å²) in [6.45, 7) is 1.81. The fraction of sp³-hybridized carbons (Fsp3) is 0.455. The Morgan fingerprint density at radius 1 is 1.07 bits per heavy atom. The topological polar surface area (TPSA) is 99.9 Å². The number of fused-ring (bicyclic) bond motifs is 4. The average molecular weight is 582 g/mol. The molecule has 2 aliphatic heterocycles. The molecule has 10 nitrogen and oxygen atoms in total. The van der Waals surface area contributed by atoms with Crippen LogP contribution in [-0.2, 0) is 20.0 Å². The summed E-state index contributed by atoms with van der Waals surface area (Å²) in [5.41, 5.74) is 5.36. The molecule has 0 aliphatic carbocycles. The highest BCUT2D eigenvalue weighted by molar-refractivity contribution is 6.04. The molecule has 7 rings (SSSR count). The van der Waals surface area contributed by atoms with Crippen LogP contribution in [0.25, 0.3) is 21.8 Å². The van der Waals surface area contributed by atoms with Crippen molar-refractivity contribution in [2.24, 2.45) is 7.05 Å². The quantitative estimate of drug-likeness (QED) is 0.299. The summed E-state index contributed by atoms with van der Waals surface area (Å²) in [5.74, 6) is -0.0329. The number of hydrogen-bond acceptors (Lipinski definition) is 6. The first kappa shape index (κ1) is 29.1. The molecule has 10 heteroatoms. The highest BCUT2D eigenvalue weighted by Gasteiger charge is 2.36. The smallest absolute Gasteiger partial charge is 0.272 e. The van der Waals surface area contributed by atoms with Gasteiger partial charge in [0.1, 0.15) is 12.7 Å². The standard InChI is InChI=1S/C18H24N4O.C15H19N5/c1-21-13-6-5-7-14(21)11-12(10-13)19-18(23)17-15-8-3-4-9-16(15)22(2)20-17;1-19(2)6-5-13-8-17-15-4-3-12(7-14(13)15)9-20-11-16-10-18-20/h3-4,8-9,12-14H,5-7,10-11H2,1-2H3,(H,19,23);3-4,7-8,10-11,17H,5-6,9H2,1-2H3/t12-,13+,14-;. The Morgan fingerprint density at radius 2 is 1.86 bits per heavy atom. The van der Waals surface area contributed by atoms with E-state index in [4.69, 9.17) is 0 Å². The van der Waals surface area contributed by atoms with Gasteiger partial charge in [-0.2, -0.15) is 10.2 Å². The van der Waals surface area contributed by atoms with Crippen LogP contribution < -0.4 is 5.32 Å². The number of H-pyrrole nitrogens is 1. The first-order valence-electron chi connectivity index (χ1n) is 15.4. The van der Waals surface area contributed by atoms with Gasteiger partial charge in [-0.25, -0.2) is 9.67 Å². The molecule has 2 aliphatic rings. The predicted octanol–water partition coefficient (Wildman–Crippen LogP) is 4.23. The summed E-state index contributed by atoms with van der Waals surface area (Å²) in [6, 6.07) is 15.9. The Bertz CT molecular complexity index is 1650. The van der Waals surface area contributed by atoms with Gasteiger partial charge in [0.05, 0.1) is 12.1 Å². The summed E-state index contributed by atoms with van der Waals surface area (Å²) in [6.07, 6.45) is 12.4. The minimum Gasteiger partial charge on any atom is -0.361 e. The molecule has 2 fully saturated rings. The van der Waals surface area contributed by atoms with Crippen molar-refractivity contribution >= 4 is 27.7 Å². The third kappa shape index (κ3) is 6.50. The van der Waals surface area contributed by atoms with E-state index < -0.39 is 0 Å². The van der Waals surface area contributed by atoms with Crippen molar-refractivity contribution in [2.75, 3.05) is 27.7 Å². The summed E-state index contributed by atoms with van der Waals surface area (Å²) in [7, 11) is 8.33. The van der Waals surface area contributed by atoms with E-state index in [0.29, 0.717) is 17.8 Å². The van der Waals surface area contributed by atoms with E-state index in [1.165, 1.54) is 41.3 Å². The molecule has 2 saturated heterocycles. The van der Waals surface area contributed by atoms with E-state index in [-0.39, 0.29) is 11.9 Å². The van der Waals surface area contributed by atoms with E-state index in [2.05, 4.69) is 80.8 Å². The molecule has 1 amide bonds. The second kappa shape index (κ2) is 12.7. The van der Waals surface area contributed by atoms with Crippen LogP contribution in [0.4, 0.5) is 0 Å². The van der Waals surface area contributed by atoms with Crippen molar-refractivity contribution in [3.63, 3.8) is 0 Å². The van der Waals surface area contributed by atoms with Crippen molar-refractivity contribution in [3.8, 4) is 0 Å². The summed E-state index contributed by atoms with van der Waals surface area (Å²) >= 11 is 0. The maximum atomic E-state index is 12.7. The zero-order valence-electron chi connectivity index (χ0n) is 25.7. The number of likely N-dealkylation sites (N-methyl/N-ethyl adjacent to an activating group) is 1. The SMILES string of the molecule is CN(C)CCc1c[nH]c2ccc(Cn3cncn3)cc12.CN1[C@@H]2CCC[C@H]1C[C@@H](NC(=O)c1nn(C)c3ccccc13)C2. The molecule has 3 atom stereocenters. The van der Waals surface area contributed by atoms with Gasteiger partial charge in [0, 0.05) is 54.2 Å². The number of aryl methyl sites for hydroxylation is 1. The number of nitrogens with zero attached hydrogens (tertiary/aromatic N) is 7. The average Bonchev–Trinajstić information content (AvgIpc) is 3.72. The number of aromatic amines is 1. The van der Waals surface area contributed by atoms with Gasteiger partial charge in [-0.1, -0.05) is 30.7 Å². The van der Waals surface area contributed by atoms with Gasteiger partial charge in [0.15, 0.2) is 5.69 Å². The number of carbonyl (C=O) groups is 1. The zero-order valence-corrected chi connectivity index (χ0v) is 25.7.